The predicted molar refractivity (Wildman–Crippen MR) is 190 cm³/mol. The number of methoxy groups -OCH3 is 1. The highest BCUT2D eigenvalue weighted by Crippen LogP contribution is 2.46. The third kappa shape index (κ3) is 7.23. The molecule has 1 saturated heterocycles. The smallest absolute Gasteiger partial charge is 0.407 e. The quantitative estimate of drug-likeness (QED) is 0.252. The van der Waals surface area contributed by atoms with Crippen molar-refractivity contribution < 1.29 is 41.9 Å². The third-order valence-electron chi connectivity index (χ3n) is 10.4. The Kier molecular flexibility index (Phi) is 9.85. The van der Waals surface area contributed by atoms with Crippen LogP contribution >= 0.6 is 0 Å². The summed E-state index contributed by atoms with van der Waals surface area (Å²) in [6, 6.07) is 12.8. The summed E-state index contributed by atoms with van der Waals surface area (Å²) in [7, 11) is -2.75. The lowest BCUT2D eigenvalue weighted by molar-refractivity contribution is -0.142. The number of amides is 5. The van der Waals surface area contributed by atoms with Crippen LogP contribution in [0.5, 0.6) is 0 Å². The summed E-state index contributed by atoms with van der Waals surface area (Å²) >= 11 is 0. The maximum absolute atomic E-state index is 14.2. The Morgan fingerprint density at radius 3 is 2.15 bits per heavy atom. The molecule has 0 radical (unpaired) electrons. The Bertz CT molecular complexity index is 1860. The van der Waals surface area contributed by atoms with Gasteiger partial charge in [0, 0.05) is 18.4 Å². The summed E-state index contributed by atoms with van der Waals surface area (Å²) in [6.07, 6.45) is 0.838. The molecule has 5 amide bonds. The minimum Gasteiger partial charge on any atom is -0.453 e. The number of fused-ring (bicyclic) bond motifs is 3. The second kappa shape index (κ2) is 13.9. The molecule has 278 valence electrons. The van der Waals surface area contributed by atoms with Crippen molar-refractivity contribution in [1.29, 1.82) is 0 Å². The van der Waals surface area contributed by atoms with Gasteiger partial charge in [-0.25, -0.2) is 18.0 Å². The van der Waals surface area contributed by atoms with Crippen LogP contribution in [0.25, 0.3) is 11.1 Å². The lowest BCUT2D eigenvalue weighted by Crippen LogP contribution is -2.60. The highest BCUT2D eigenvalue weighted by molar-refractivity contribution is 7.91. The summed E-state index contributed by atoms with van der Waals surface area (Å²) in [4.78, 5) is 68.5. The number of carbonyl (C=O) groups excluding carboxylic acids is 5. The zero-order valence-electron chi connectivity index (χ0n) is 29.6. The summed E-state index contributed by atoms with van der Waals surface area (Å²) in [6.45, 7) is 8.89. The predicted octanol–water partition coefficient (Wildman–Crippen LogP) is 2.93. The van der Waals surface area contributed by atoms with Gasteiger partial charge < -0.3 is 30.3 Å². The third-order valence-corrected chi connectivity index (χ3v) is 12.2. The topological polar surface area (TPSA) is 189 Å². The van der Waals surface area contributed by atoms with Crippen LogP contribution in [0.15, 0.2) is 61.2 Å². The molecule has 2 aromatic carbocycles. The van der Waals surface area contributed by atoms with Gasteiger partial charge in [-0.1, -0.05) is 75.4 Å². The van der Waals surface area contributed by atoms with E-state index < -0.39 is 80.2 Å². The molecule has 5 atom stereocenters. The largest absolute Gasteiger partial charge is 0.453 e. The van der Waals surface area contributed by atoms with E-state index in [0.717, 1.165) is 22.3 Å². The number of benzene rings is 2. The normalized spacial score (nSPS) is 24.1. The van der Waals surface area contributed by atoms with Gasteiger partial charge >= 0.3 is 12.2 Å². The van der Waals surface area contributed by atoms with E-state index in [0.29, 0.717) is 12.8 Å². The Balaban J connectivity index is 1.20. The highest BCUT2D eigenvalue weighted by atomic mass is 32.2. The van der Waals surface area contributed by atoms with Crippen molar-refractivity contribution in [2.75, 3.05) is 20.3 Å². The van der Waals surface area contributed by atoms with E-state index in [-0.39, 0.29) is 31.9 Å². The number of sulfonamides is 1. The Hall–Kier alpha value is -4.92. The van der Waals surface area contributed by atoms with Crippen molar-refractivity contribution in [3.63, 3.8) is 0 Å². The number of ether oxygens (including phenoxy) is 2. The Morgan fingerprint density at radius 2 is 1.62 bits per heavy atom. The van der Waals surface area contributed by atoms with E-state index in [2.05, 4.69) is 27.3 Å². The van der Waals surface area contributed by atoms with Gasteiger partial charge in [-0.2, -0.15) is 0 Å². The molecule has 2 saturated carbocycles. The number of likely N-dealkylation sites (tertiary alicyclic amines) is 1. The molecular weight excluding hydrogens is 691 g/mol. The summed E-state index contributed by atoms with van der Waals surface area (Å²) in [5.74, 6) is -2.94. The Morgan fingerprint density at radius 1 is 1.00 bits per heavy atom. The molecule has 0 aromatic heterocycles. The first kappa shape index (κ1) is 36.9. The van der Waals surface area contributed by atoms with Crippen LogP contribution in [-0.2, 0) is 33.9 Å². The van der Waals surface area contributed by atoms with Gasteiger partial charge in [-0.15, -0.1) is 6.58 Å². The van der Waals surface area contributed by atoms with Crippen molar-refractivity contribution in [3.05, 3.63) is 72.3 Å². The molecular formula is C37H45N5O9S. The first-order valence-electron chi connectivity index (χ1n) is 17.4. The fourth-order valence-corrected chi connectivity index (χ4v) is 8.61. The van der Waals surface area contributed by atoms with Crippen LogP contribution in [0, 0.1) is 11.3 Å². The number of rotatable bonds is 11. The average molecular weight is 736 g/mol. The van der Waals surface area contributed by atoms with Crippen molar-refractivity contribution >= 4 is 39.9 Å². The van der Waals surface area contributed by atoms with Crippen LogP contribution in [0.3, 0.4) is 0 Å². The van der Waals surface area contributed by atoms with Crippen LogP contribution < -0.4 is 20.7 Å². The van der Waals surface area contributed by atoms with Crippen LogP contribution in [0.1, 0.15) is 63.5 Å². The van der Waals surface area contributed by atoms with Crippen molar-refractivity contribution in [2.45, 2.75) is 81.3 Å². The monoisotopic (exact) mass is 735 g/mol. The minimum atomic E-state index is -3.91. The number of carbonyl (C=O) groups is 5. The summed E-state index contributed by atoms with van der Waals surface area (Å²) < 4.78 is 37.9. The molecule has 1 aliphatic heterocycles. The maximum atomic E-state index is 14.2. The fourth-order valence-electron chi connectivity index (χ4n) is 7.25. The van der Waals surface area contributed by atoms with Gasteiger partial charge in [0.15, 0.2) is 0 Å². The molecule has 1 heterocycles. The molecule has 52 heavy (non-hydrogen) atoms. The summed E-state index contributed by atoms with van der Waals surface area (Å²) in [5.41, 5.74) is 1.82. The standard InChI is InChI=1S/C37H45N5O9S/c1-6-21-18-37(21,33(45)41-52(48,49)23-15-16-23)40-31(43)29-17-22(19-42(29)32(44)30(36(2,3)4)39-34(46)50-5)38-35(47)51-20-28-26-13-9-7-11-24(26)25-12-8-10-14-27(25)28/h6-14,21-23,28-30H,1,15-20H2,2-5H3,(H,38,47)(H,39,46)(H,40,43)(H,41,45)/t21?,22-,29+,30-,37?/m1/s1. The molecule has 14 nitrogen and oxygen atoms in total. The van der Waals surface area contributed by atoms with Gasteiger partial charge in [-0.3, -0.25) is 19.1 Å². The van der Waals surface area contributed by atoms with Crippen LogP contribution in [0.4, 0.5) is 9.59 Å². The van der Waals surface area contributed by atoms with Crippen molar-refractivity contribution in [3.8, 4) is 11.1 Å². The lowest BCUT2D eigenvalue weighted by Gasteiger charge is -2.35. The number of hydrogen-bond donors (Lipinski definition) is 4. The second-order valence-corrected chi connectivity index (χ2v) is 17.0. The van der Waals surface area contributed by atoms with Gasteiger partial charge in [0.25, 0.3) is 5.91 Å². The van der Waals surface area contributed by atoms with Gasteiger partial charge in [-0.05, 0) is 53.4 Å². The highest BCUT2D eigenvalue weighted by Gasteiger charge is 2.62. The number of alkyl carbamates (subject to hydrolysis) is 2. The molecule has 2 aromatic rings. The zero-order valence-corrected chi connectivity index (χ0v) is 30.5. The Labute approximate surface area is 303 Å². The van der Waals surface area contributed by atoms with E-state index >= 15 is 0 Å². The van der Waals surface area contributed by atoms with Gasteiger partial charge in [0.1, 0.15) is 24.2 Å². The molecule has 3 fully saturated rings. The van der Waals surface area contributed by atoms with Crippen LogP contribution in [0.2, 0.25) is 0 Å². The number of nitrogens with one attached hydrogen (secondary N) is 4. The van der Waals surface area contributed by atoms with Crippen LogP contribution in [-0.4, -0.2) is 92.4 Å². The number of nitrogens with zero attached hydrogens (tertiary/aromatic N) is 1. The second-order valence-electron chi connectivity index (χ2n) is 15.0. The molecule has 2 unspecified atom stereocenters. The number of hydrogen-bond acceptors (Lipinski definition) is 9. The molecule has 4 N–H and O–H groups in total. The van der Waals surface area contributed by atoms with E-state index in [1.54, 1.807) is 20.8 Å². The van der Waals surface area contributed by atoms with Gasteiger partial charge in [0.05, 0.1) is 18.4 Å². The first-order chi connectivity index (χ1) is 24.6. The average Bonchev–Trinajstić information content (AvgIpc) is 4.02. The molecule has 4 aliphatic rings. The lowest BCUT2D eigenvalue weighted by atomic mass is 9.85. The maximum Gasteiger partial charge on any atom is 0.407 e. The van der Waals surface area contributed by atoms with E-state index in [4.69, 9.17) is 9.47 Å². The molecule has 6 rings (SSSR count). The van der Waals surface area contributed by atoms with Crippen molar-refractivity contribution in [1.82, 2.24) is 25.6 Å². The van der Waals surface area contributed by atoms with Gasteiger partial charge in [0.2, 0.25) is 21.8 Å². The molecule has 0 spiro atoms. The van der Waals surface area contributed by atoms with E-state index in [1.807, 2.05) is 48.5 Å². The fraction of sp³-hybridized carbons (Fsp3) is 0.486. The zero-order chi connectivity index (χ0) is 37.6. The molecule has 15 heteroatoms. The van der Waals surface area contributed by atoms with Crippen molar-refractivity contribution in [2.24, 2.45) is 11.3 Å². The SMILES string of the molecule is C=CC1CC1(NC(=O)[C@@H]1C[C@@H](NC(=O)OCC2c3ccccc3-c3ccccc32)CN1C(=O)[C@@H](NC(=O)OC)C(C)(C)C)C(=O)NS(=O)(=O)C1CC1. The minimum absolute atomic E-state index is 0.0479. The molecule has 0 bridgehead atoms. The molecule has 3 aliphatic carbocycles. The first-order valence-corrected chi connectivity index (χ1v) is 18.9. The van der Waals surface area contributed by atoms with E-state index in [9.17, 15) is 32.4 Å². The summed E-state index contributed by atoms with van der Waals surface area (Å²) in [5, 5.41) is 7.43. The van der Waals surface area contributed by atoms with E-state index in [1.165, 1.54) is 18.1 Å².